The summed E-state index contributed by atoms with van der Waals surface area (Å²) in [6, 6.07) is 64.9. The monoisotopic (exact) mass is 769 g/mol. The average molecular weight is 770 g/mol. The molecule has 288 valence electrons. The lowest BCUT2D eigenvalue weighted by atomic mass is 9.80. The summed E-state index contributed by atoms with van der Waals surface area (Å²) in [4.78, 5) is 2.41. The van der Waals surface area contributed by atoms with Crippen LogP contribution in [0.3, 0.4) is 0 Å². The standard InChI is InChI=1S/C59H47N/c1-58(2)50-22-12-10-19-46(50)57-47(20-14-23-51(57)58)56-44-18-8-7-17-43(44)55(40-28-27-37-26-25-36-15-6-13-24-53(36)60(5)54(37)35-40)45-32-30-38(33-48(45)56)39-29-31-42-41-16-9-11-21-49(41)59(3,4)52(42)34-39/h6-24,27-35H,25-26H2,1-5H3. The van der Waals surface area contributed by atoms with Crippen molar-refractivity contribution in [1.29, 1.82) is 0 Å². The zero-order chi connectivity index (χ0) is 40.5. The van der Waals surface area contributed by atoms with E-state index in [1.165, 1.54) is 122 Å². The molecule has 0 saturated carbocycles. The third kappa shape index (κ3) is 4.87. The minimum Gasteiger partial charge on any atom is -0.344 e. The Morgan fingerprint density at radius 3 is 1.72 bits per heavy atom. The number of rotatable bonds is 3. The van der Waals surface area contributed by atoms with Gasteiger partial charge in [-0.05, 0) is 148 Å². The largest absolute Gasteiger partial charge is 0.344 e. The van der Waals surface area contributed by atoms with Crippen LogP contribution in [0.25, 0.3) is 77.2 Å². The van der Waals surface area contributed by atoms with E-state index < -0.39 is 0 Å². The number of fused-ring (bicyclic) bond motifs is 10. The van der Waals surface area contributed by atoms with Gasteiger partial charge in [0.05, 0.1) is 0 Å². The summed E-state index contributed by atoms with van der Waals surface area (Å²) in [5.74, 6) is 0. The summed E-state index contributed by atoms with van der Waals surface area (Å²) in [6.07, 6.45) is 2.07. The van der Waals surface area contributed by atoms with Gasteiger partial charge in [0.1, 0.15) is 0 Å². The fourth-order valence-corrected chi connectivity index (χ4v) is 11.5. The van der Waals surface area contributed by atoms with Crippen molar-refractivity contribution in [2.45, 2.75) is 51.4 Å². The van der Waals surface area contributed by atoms with Crippen molar-refractivity contribution in [3.63, 3.8) is 0 Å². The molecule has 9 aromatic rings. The predicted octanol–water partition coefficient (Wildman–Crippen LogP) is 15.5. The van der Waals surface area contributed by atoms with Crippen LogP contribution in [0.2, 0.25) is 0 Å². The number of nitrogens with zero attached hydrogens (tertiary/aromatic N) is 1. The van der Waals surface area contributed by atoms with Gasteiger partial charge in [-0.15, -0.1) is 0 Å². The molecule has 0 fully saturated rings. The molecule has 1 nitrogen and oxygen atoms in total. The van der Waals surface area contributed by atoms with Gasteiger partial charge in [0.2, 0.25) is 0 Å². The quantitative estimate of drug-likeness (QED) is 0.162. The molecular formula is C59H47N. The molecule has 1 aliphatic heterocycles. The van der Waals surface area contributed by atoms with Crippen LogP contribution in [0.15, 0.2) is 170 Å². The average Bonchev–Trinajstić information content (AvgIpc) is 3.59. The Labute approximate surface area is 353 Å². The normalized spacial score (nSPS) is 15.2. The summed E-state index contributed by atoms with van der Waals surface area (Å²) < 4.78 is 0. The van der Waals surface area contributed by atoms with E-state index in [1.807, 2.05) is 0 Å². The molecule has 0 atom stereocenters. The highest BCUT2D eigenvalue weighted by molar-refractivity contribution is 6.23. The van der Waals surface area contributed by atoms with Crippen molar-refractivity contribution in [1.82, 2.24) is 0 Å². The van der Waals surface area contributed by atoms with Crippen molar-refractivity contribution < 1.29 is 0 Å². The maximum absolute atomic E-state index is 2.51. The first-order chi connectivity index (χ1) is 29.2. The van der Waals surface area contributed by atoms with Gasteiger partial charge in [-0.25, -0.2) is 0 Å². The van der Waals surface area contributed by atoms with E-state index in [1.54, 1.807) is 0 Å². The summed E-state index contributed by atoms with van der Waals surface area (Å²) >= 11 is 0. The van der Waals surface area contributed by atoms with Crippen molar-refractivity contribution >= 4 is 32.9 Å². The van der Waals surface area contributed by atoms with Crippen LogP contribution in [0.1, 0.15) is 61.1 Å². The van der Waals surface area contributed by atoms with Gasteiger partial charge in [0.15, 0.2) is 0 Å². The molecule has 0 amide bonds. The summed E-state index contributed by atoms with van der Waals surface area (Å²) in [6.45, 7) is 9.54. The highest BCUT2D eigenvalue weighted by Gasteiger charge is 2.38. The van der Waals surface area contributed by atoms with Gasteiger partial charge in [0, 0.05) is 29.3 Å². The summed E-state index contributed by atoms with van der Waals surface area (Å²) in [7, 11) is 2.24. The van der Waals surface area contributed by atoms with Gasteiger partial charge < -0.3 is 4.90 Å². The number of benzene rings is 9. The Kier molecular flexibility index (Phi) is 7.44. The van der Waals surface area contributed by atoms with Crippen LogP contribution in [-0.4, -0.2) is 7.05 Å². The second-order valence-electron chi connectivity index (χ2n) is 18.4. The fraction of sp³-hybridized carbons (Fsp3) is 0.153. The maximum Gasteiger partial charge on any atom is 0.0447 e. The van der Waals surface area contributed by atoms with E-state index in [2.05, 4.69) is 210 Å². The van der Waals surface area contributed by atoms with Gasteiger partial charge in [-0.1, -0.05) is 173 Å². The van der Waals surface area contributed by atoms with Crippen LogP contribution in [-0.2, 0) is 23.7 Å². The Morgan fingerprint density at radius 2 is 0.900 bits per heavy atom. The first-order valence-corrected chi connectivity index (χ1v) is 21.6. The first kappa shape index (κ1) is 35.3. The topological polar surface area (TPSA) is 3.24 Å². The second-order valence-corrected chi connectivity index (χ2v) is 18.4. The van der Waals surface area contributed by atoms with Crippen LogP contribution >= 0.6 is 0 Å². The van der Waals surface area contributed by atoms with Crippen molar-refractivity contribution in [3.05, 3.63) is 203 Å². The molecule has 0 N–H and O–H groups in total. The Bertz CT molecular complexity index is 3280. The Hall–Kier alpha value is -6.70. The van der Waals surface area contributed by atoms with Gasteiger partial charge in [0.25, 0.3) is 0 Å². The smallest absolute Gasteiger partial charge is 0.0447 e. The first-order valence-electron chi connectivity index (χ1n) is 21.6. The number of para-hydroxylation sites is 1. The van der Waals surface area contributed by atoms with E-state index in [0.717, 1.165) is 12.8 Å². The zero-order valence-corrected chi connectivity index (χ0v) is 35.0. The number of hydrogen-bond acceptors (Lipinski definition) is 1. The molecular weight excluding hydrogens is 723 g/mol. The highest BCUT2D eigenvalue weighted by Crippen LogP contribution is 2.55. The van der Waals surface area contributed by atoms with E-state index in [-0.39, 0.29) is 10.8 Å². The molecule has 0 unspecified atom stereocenters. The number of hydrogen-bond donors (Lipinski definition) is 0. The van der Waals surface area contributed by atoms with Crippen LogP contribution in [0.4, 0.5) is 11.4 Å². The van der Waals surface area contributed by atoms with Crippen molar-refractivity contribution in [2.75, 3.05) is 11.9 Å². The van der Waals surface area contributed by atoms with E-state index in [0.29, 0.717) is 0 Å². The highest BCUT2D eigenvalue weighted by atomic mass is 15.1. The second kappa shape index (κ2) is 12.7. The molecule has 60 heavy (non-hydrogen) atoms. The van der Waals surface area contributed by atoms with Gasteiger partial charge >= 0.3 is 0 Å². The number of anilines is 2. The summed E-state index contributed by atoms with van der Waals surface area (Å²) in [5.41, 5.74) is 23.9. The van der Waals surface area contributed by atoms with E-state index in [4.69, 9.17) is 0 Å². The lowest BCUT2D eigenvalue weighted by Gasteiger charge is -2.25. The maximum atomic E-state index is 2.51. The zero-order valence-electron chi connectivity index (χ0n) is 35.0. The molecule has 1 heteroatoms. The minimum absolute atomic E-state index is 0.0723. The molecule has 0 aromatic heterocycles. The third-order valence-corrected chi connectivity index (χ3v) is 14.6. The lowest BCUT2D eigenvalue weighted by molar-refractivity contribution is 0.660. The molecule has 9 aromatic carbocycles. The predicted molar refractivity (Wildman–Crippen MR) is 255 cm³/mol. The molecule has 0 bridgehead atoms. The van der Waals surface area contributed by atoms with Crippen molar-refractivity contribution in [2.24, 2.45) is 0 Å². The van der Waals surface area contributed by atoms with E-state index in [9.17, 15) is 0 Å². The lowest BCUT2D eigenvalue weighted by Crippen LogP contribution is -2.14. The van der Waals surface area contributed by atoms with E-state index >= 15 is 0 Å². The molecule has 1 heterocycles. The van der Waals surface area contributed by atoms with Gasteiger partial charge in [-0.2, -0.15) is 0 Å². The van der Waals surface area contributed by atoms with Crippen LogP contribution in [0.5, 0.6) is 0 Å². The molecule has 2 aliphatic carbocycles. The summed E-state index contributed by atoms with van der Waals surface area (Å²) in [5, 5.41) is 5.13. The molecule has 0 radical (unpaired) electrons. The Balaban J connectivity index is 1.15. The Morgan fingerprint density at radius 1 is 0.350 bits per heavy atom. The SMILES string of the molecule is CN1c2ccccc2CCc2ccc(-c3c4ccccc4c(-c4cccc5c4-c4ccccc4C5(C)C)c4cc(-c5ccc6c(c5)C(C)(C)c5ccccc5-6)ccc34)cc21. The minimum atomic E-state index is -0.0973. The number of aryl methyl sites for hydroxylation is 2. The molecule has 3 aliphatic rings. The molecule has 12 rings (SSSR count). The third-order valence-electron chi connectivity index (χ3n) is 14.6. The van der Waals surface area contributed by atoms with Crippen molar-refractivity contribution in [3.8, 4) is 55.6 Å². The molecule has 0 spiro atoms. The fourth-order valence-electron chi connectivity index (χ4n) is 11.5. The molecule has 0 saturated heterocycles. The van der Waals surface area contributed by atoms with Crippen LogP contribution in [0, 0.1) is 0 Å². The van der Waals surface area contributed by atoms with Crippen LogP contribution < -0.4 is 4.90 Å². The van der Waals surface area contributed by atoms with Gasteiger partial charge in [-0.3, -0.25) is 0 Å².